The van der Waals surface area contributed by atoms with E-state index in [0.717, 1.165) is 32.5 Å². The third kappa shape index (κ3) is 4.63. The summed E-state index contributed by atoms with van der Waals surface area (Å²) in [5.41, 5.74) is 1.26. The first-order valence-corrected chi connectivity index (χ1v) is 7.09. The van der Waals surface area contributed by atoms with Gasteiger partial charge < -0.3 is 10.2 Å². The van der Waals surface area contributed by atoms with Crippen molar-refractivity contribution < 1.29 is 4.79 Å². The van der Waals surface area contributed by atoms with Gasteiger partial charge in [0.1, 0.15) is 0 Å². The topological polar surface area (TPSA) is 45.2 Å². The Morgan fingerprint density at radius 3 is 2.95 bits per heavy atom. The highest BCUT2D eigenvalue weighted by atomic mass is 16.2. The minimum absolute atomic E-state index is 0.265. The first-order valence-electron chi connectivity index (χ1n) is 7.09. The van der Waals surface area contributed by atoms with Crippen LogP contribution in [0.4, 0.5) is 0 Å². The maximum absolute atomic E-state index is 12.0. The average Bonchev–Trinajstić information content (AvgIpc) is 2.92. The lowest BCUT2D eigenvalue weighted by Gasteiger charge is -2.20. The van der Waals surface area contributed by atoms with Crippen LogP contribution in [-0.2, 0) is 11.2 Å². The largest absolute Gasteiger partial charge is 0.345 e. The average molecular weight is 261 g/mol. The maximum Gasteiger partial charge on any atom is 0.222 e. The summed E-state index contributed by atoms with van der Waals surface area (Å²) in [4.78, 5) is 17.9. The molecule has 1 aromatic rings. The van der Waals surface area contributed by atoms with Crippen molar-refractivity contribution in [3.05, 3.63) is 30.1 Å². The zero-order chi connectivity index (χ0) is 13.5. The molecule has 1 saturated heterocycles. The van der Waals surface area contributed by atoms with Crippen molar-refractivity contribution in [2.24, 2.45) is 5.92 Å². The van der Waals surface area contributed by atoms with Gasteiger partial charge in [0, 0.05) is 32.4 Å². The van der Waals surface area contributed by atoms with Crippen LogP contribution < -0.4 is 5.32 Å². The third-order valence-corrected chi connectivity index (χ3v) is 3.73. The number of hydrogen-bond acceptors (Lipinski definition) is 3. The Balaban J connectivity index is 1.66. The van der Waals surface area contributed by atoms with Gasteiger partial charge in [0.2, 0.25) is 5.91 Å². The zero-order valence-electron chi connectivity index (χ0n) is 11.6. The number of amides is 1. The maximum atomic E-state index is 12.0. The molecule has 1 aliphatic heterocycles. The van der Waals surface area contributed by atoms with Gasteiger partial charge in [-0.3, -0.25) is 9.78 Å². The Morgan fingerprint density at radius 2 is 2.26 bits per heavy atom. The van der Waals surface area contributed by atoms with Crippen molar-refractivity contribution in [2.45, 2.75) is 25.7 Å². The van der Waals surface area contributed by atoms with E-state index in [1.54, 1.807) is 12.4 Å². The fourth-order valence-electron chi connectivity index (χ4n) is 2.54. The van der Waals surface area contributed by atoms with Crippen LogP contribution in [-0.4, -0.2) is 42.5 Å². The monoisotopic (exact) mass is 261 g/mol. The van der Waals surface area contributed by atoms with Gasteiger partial charge >= 0.3 is 0 Å². The second-order valence-electron chi connectivity index (χ2n) is 5.34. The van der Waals surface area contributed by atoms with E-state index >= 15 is 0 Å². The number of nitrogens with zero attached hydrogens (tertiary/aromatic N) is 2. The minimum Gasteiger partial charge on any atom is -0.345 e. The fraction of sp³-hybridized carbons (Fsp3) is 0.600. The molecule has 0 bridgehead atoms. The molecule has 1 aliphatic rings. The van der Waals surface area contributed by atoms with Crippen LogP contribution in [0.5, 0.6) is 0 Å². The van der Waals surface area contributed by atoms with Gasteiger partial charge in [0.25, 0.3) is 0 Å². The lowest BCUT2D eigenvalue weighted by Crippen LogP contribution is -2.32. The number of carbonyl (C=O) groups excluding carboxylic acids is 1. The third-order valence-electron chi connectivity index (χ3n) is 3.73. The molecule has 1 aromatic heterocycles. The van der Waals surface area contributed by atoms with Gasteiger partial charge in [-0.25, -0.2) is 0 Å². The lowest BCUT2D eigenvalue weighted by molar-refractivity contribution is -0.130. The van der Waals surface area contributed by atoms with Crippen LogP contribution in [0.1, 0.15) is 24.8 Å². The number of rotatable bonds is 6. The number of carbonyl (C=O) groups is 1. The van der Waals surface area contributed by atoms with E-state index in [9.17, 15) is 4.79 Å². The number of aromatic nitrogens is 1. The Hall–Kier alpha value is -1.42. The van der Waals surface area contributed by atoms with Gasteiger partial charge in [-0.2, -0.15) is 0 Å². The summed E-state index contributed by atoms with van der Waals surface area (Å²) in [5.74, 6) is 0.898. The van der Waals surface area contributed by atoms with Crippen molar-refractivity contribution in [1.29, 1.82) is 0 Å². The summed E-state index contributed by atoms with van der Waals surface area (Å²) in [5, 5.41) is 3.34. The summed E-state index contributed by atoms with van der Waals surface area (Å²) in [6, 6.07) is 4.02. The van der Waals surface area contributed by atoms with Crippen LogP contribution in [0.3, 0.4) is 0 Å². The van der Waals surface area contributed by atoms with Crippen LogP contribution in [0.15, 0.2) is 24.5 Å². The van der Waals surface area contributed by atoms with Crippen molar-refractivity contribution in [3.8, 4) is 0 Å². The van der Waals surface area contributed by atoms with E-state index in [0.29, 0.717) is 12.3 Å². The van der Waals surface area contributed by atoms with Crippen molar-refractivity contribution >= 4 is 5.91 Å². The van der Waals surface area contributed by atoms with Gasteiger partial charge in [-0.15, -0.1) is 0 Å². The van der Waals surface area contributed by atoms with Gasteiger partial charge in [-0.05, 0) is 56.0 Å². The standard InChI is InChI=1S/C15H23N3O/c1-18(12-14-7-10-17-11-14)15(19)4-2-3-13-5-8-16-9-6-13/h5-6,8-9,14,17H,2-4,7,10-12H2,1H3. The first kappa shape index (κ1) is 14.0. The molecule has 0 aromatic carbocycles. The molecule has 104 valence electrons. The molecule has 1 N–H and O–H groups in total. The van der Waals surface area contributed by atoms with E-state index in [1.807, 2.05) is 24.1 Å². The molecule has 0 saturated carbocycles. The Bertz CT molecular complexity index is 388. The molecule has 4 nitrogen and oxygen atoms in total. The van der Waals surface area contributed by atoms with Crippen LogP contribution >= 0.6 is 0 Å². The second-order valence-corrected chi connectivity index (χ2v) is 5.34. The first-order chi connectivity index (χ1) is 9.25. The molecule has 2 heterocycles. The highest BCUT2D eigenvalue weighted by Crippen LogP contribution is 2.10. The highest BCUT2D eigenvalue weighted by molar-refractivity contribution is 5.75. The minimum atomic E-state index is 0.265. The van der Waals surface area contributed by atoms with Gasteiger partial charge in [0.15, 0.2) is 0 Å². The van der Waals surface area contributed by atoms with Gasteiger partial charge in [0.05, 0.1) is 0 Å². The smallest absolute Gasteiger partial charge is 0.222 e. The number of pyridine rings is 1. The van der Waals surface area contributed by atoms with Gasteiger partial charge in [-0.1, -0.05) is 0 Å². The molecular formula is C15H23N3O. The molecule has 19 heavy (non-hydrogen) atoms. The summed E-state index contributed by atoms with van der Waals surface area (Å²) in [6.07, 6.45) is 7.30. The molecule has 4 heteroatoms. The Morgan fingerprint density at radius 1 is 1.47 bits per heavy atom. The molecule has 0 spiro atoms. The van der Waals surface area contributed by atoms with E-state index < -0.39 is 0 Å². The molecule has 1 unspecified atom stereocenters. The molecule has 1 fully saturated rings. The summed E-state index contributed by atoms with van der Waals surface area (Å²) in [7, 11) is 1.92. The van der Waals surface area contributed by atoms with Crippen LogP contribution in [0.2, 0.25) is 0 Å². The van der Waals surface area contributed by atoms with Crippen LogP contribution in [0, 0.1) is 5.92 Å². The van der Waals surface area contributed by atoms with E-state index in [-0.39, 0.29) is 5.91 Å². The Labute approximate surface area is 115 Å². The van der Waals surface area contributed by atoms with E-state index in [1.165, 1.54) is 12.0 Å². The number of nitrogens with one attached hydrogen (secondary N) is 1. The number of aryl methyl sites for hydroxylation is 1. The van der Waals surface area contributed by atoms with E-state index in [4.69, 9.17) is 0 Å². The summed E-state index contributed by atoms with van der Waals surface area (Å²) < 4.78 is 0. The summed E-state index contributed by atoms with van der Waals surface area (Å²) >= 11 is 0. The predicted octanol–water partition coefficient (Wildman–Crippen LogP) is 1.47. The lowest BCUT2D eigenvalue weighted by atomic mass is 10.1. The molecule has 1 atom stereocenters. The SMILES string of the molecule is CN(CC1CCNC1)C(=O)CCCc1ccncc1. The second kappa shape index (κ2) is 7.24. The normalized spacial score (nSPS) is 18.5. The summed E-state index contributed by atoms with van der Waals surface area (Å²) in [6.45, 7) is 3.03. The zero-order valence-corrected chi connectivity index (χ0v) is 11.6. The van der Waals surface area contributed by atoms with Crippen molar-refractivity contribution in [1.82, 2.24) is 15.2 Å². The van der Waals surface area contributed by atoms with Crippen LogP contribution in [0.25, 0.3) is 0 Å². The Kier molecular flexibility index (Phi) is 5.33. The number of hydrogen-bond donors (Lipinski definition) is 1. The molecule has 0 aliphatic carbocycles. The molecular weight excluding hydrogens is 238 g/mol. The predicted molar refractivity (Wildman–Crippen MR) is 75.8 cm³/mol. The molecule has 0 radical (unpaired) electrons. The fourth-order valence-corrected chi connectivity index (χ4v) is 2.54. The highest BCUT2D eigenvalue weighted by Gasteiger charge is 2.18. The molecule has 2 rings (SSSR count). The van der Waals surface area contributed by atoms with Crippen molar-refractivity contribution in [2.75, 3.05) is 26.7 Å². The van der Waals surface area contributed by atoms with E-state index in [2.05, 4.69) is 10.3 Å². The quantitative estimate of drug-likeness (QED) is 0.843. The van der Waals surface area contributed by atoms with Crippen molar-refractivity contribution in [3.63, 3.8) is 0 Å². The molecule has 1 amide bonds.